The molecule has 0 atom stereocenters. The number of sulfone groups is 1. The highest BCUT2D eigenvalue weighted by atomic mass is 32.2. The van der Waals surface area contributed by atoms with E-state index < -0.39 is 25.6 Å². The van der Waals surface area contributed by atoms with Crippen molar-refractivity contribution in [1.29, 1.82) is 5.26 Å². The zero-order valence-corrected chi connectivity index (χ0v) is 18.9. The van der Waals surface area contributed by atoms with Gasteiger partial charge in [0.05, 0.1) is 22.3 Å². The molecule has 0 saturated carbocycles. The maximum absolute atomic E-state index is 13.2. The number of ether oxygens (including phenoxy) is 1. The van der Waals surface area contributed by atoms with Gasteiger partial charge in [0.2, 0.25) is 20.8 Å². The average molecular weight is 480 g/mol. The Kier molecular flexibility index (Phi) is 6.81. The number of aromatic nitrogens is 2. The molecule has 34 heavy (non-hydrogen) atoms. The highest BCUT2D eigenvalue weighted by Gasteiger charge is 2.31. The third-order valence-electron chi connectivity index (χ3n) is 5.37. The highest BCUT2D eigenvalue weighted by molar-refractivity contribution is 7.90. The first-order valence-electron chi connectivity index (χ1n) is 10.6. The molecule has 1 aliphatic heterocycles. The normalized spacial score (nSPS) is 14.3. The molecule has 0 bridgehead atoms. The van der Waals surface area contributed by atoms with Crippen LogP contribution in [0.15, 0.2) is 59.8 Å². The van der Waals surface area contributed by atoms with Crippen molar-refractivity contribution in [1.82, 2.24) is 9.97 Å². The molecule has 4 rings (SSSR count). The molecule has 0 amide bonds. The van der Waals surface area contributed by atoms with Gasteiger partial charge in [0.1, 0.15) is 0 Å². The molecule has 1 N–H and O–H groups in total. The van der Waals surface area contributed by atoms with E-state index >= 15 is 0 Å². The van der Waals surface area contributed by atoms with E-state index in [1.54, 1.807) is 30.3 Å². The van der Waals surface area contributed by atoms with Crippen molar-refractivity contribution < 1.29 is 18.1 Å². The van der Waals surface area contributed by atoms with Gasteiger partial charge < -0.3 is 10.1 Å². The molecular formula is C23H21N5O5S. The quantitative estimate of drug-likeness (QED) is 0.305. The summed E-state index contributed by atoms with van der Waals surface area (Å²) in [5.41, 5.74) is 0.654. The SMILES string of the molecule is N#Cc1ccc(-c2nc(S(=O)(=O)Cc3ccccc3)nc(NC3CCOCC3)c2[N+](=O)[O-])cc1. The van der Waals surface area contributed by atoms with Gasteiger partial charge >= 0.3 is 5.69 Å². The lowest BCUT2D eigenvalue weighted by molar-refractivity contribution is -0.383. The van der Waals surface area contributed by atoms with Crippen LogP contribution in [-0.4, -0.2) is 42.6 Å². The third-order valence-corrected chi connectivity index (χ3v) is 6.83. The molecule has 0 radical (unpaired) electrons. The fraction of sp³-hybridized carbons (Fsp3) is 0.261. The largest absolute Gasteiger partial charge is 0.381 e. The second-order valence-electron chi connectivity index (χ2n) is 7.77. The van der Waals surface area contributed by atoms with Crippen molar-refractivity contribution in [2.75, 3.05) is 18.5 Å². The minimum absolute atomic E-state index is 0.134. The minimum Gasteiger partial charge on any atom is -0.381 e. The maximum atomic E-state index is 13.2. The second kappa shape index (κ2) is 9.94. The summed E-state index contributed by atoms with van der Waals surface area (Å²) in [6.45, 7) is 0.969. The van der Waals surface area contributed by atoms with Crippen LogP contribution in [0.2, 0.25) is 0 Å². The van der Waals surface area contributed by atoms with Gasteiger partial charge in [-0.2, -0.15) is 10.2 Å². The van der Waals surface area contributed by atoms with Crippen molar-refractivity contribution in [3.63, 3.8) is 0 Å². The molecule has 10 nitrogen and oxygen atoms in total. The van der Waals surface area contributed by atoms with E-state index in [0.29, 0.717) is 42.7 Å². The van der Waals surface area contributed by atoms with E-state index in [-0.39, 0.29) is 23.3 Å². The van der Waals surface area contributed by atoms with Crippen LogP contribution < -0.4 is 5.32 Å². The van der Waals surface area contributed by atoms with Gasteiger partial charge in [0, 0.05) is 24.8 Å². The summed E-state index contributed by atoms with van der Waals surface area (Å²) in [4.78, 5) is 19.8. The molecule has 174 valence electrons. The van der Waals surface area contributed by atoms with Gasteiger partial charge in [-0.3, -0.25) is 10.1 Å². The molecule has 1 saturated heterocycles. The Morgan fingerprint density at radius 2 is 1.76 bits per heavy atom. The number of hydrogen-bond donors (Lipinski definition) is 1. The molecular weight excluding hydrogens is 458 g/mol. The lowest BCUT2D eigenvalue weighted by Crippen LogP contribution is -2.29. The Hall–Kier alpha value is -3.88. The zero-order valence-electron chi connectivity index (χ0n) is 18.0. The molecule has 1 aliphatic rings. The first-order valence-corrected chi connectivity index (χ1v) is 12.2. The van der Waals surface area contributed by atoms with Crippen LogP contribution in [0.5, 0.6) is 0 Å². The average Bonchev–Trinajstić information content (AvgIpc) is 2.84. The van der Waals surface area contributed by atoms with Crippen molar-refractivity contribution >= 4 is 21.3 Å². The second-order valence-corrected chi connectivity index (χ2v) is 9.66. The Balaban J connectivity index is 1.86. The van der Waals surface area contributed by atoms with Crippen molar-refractivity contribution in [2.45, 2.75) is 29.8 Å². The van der Waals surface area contributed by atoms with Gasteiger partial charge in [-0.05, 0) is 30.5 Å². The number of nitriles is 1. The van der Waals surface area contributed by atoms with Gasteiger partial charge in [-0.25, -0.2) is 13.4 Å². The Morgan fingerprint density at radius 1 is 1.09 bits per heavy atom. The number of nitrogens with zero attached hydrogens (tertiary/aromatic N) is 4. The molecule has 11 heteroatoms. The van der Waals surface area contributed by atoms with E-state index in [0.717, 1.165) is 0 Å². The topological polar surface area (TPSA) is 148 Å². The Labute approximate surface area is 196 Å². The minimum atomic E-state index is -4.02. The van der Waals surface area contributed by atoms with Crippen LogP contribution in [0.4, 0.5) is 11.5 Å². The van der Waals surface area contributed by atoms with Gasteiger partial charge in [-0.15, -0.1) is 0 Å². The third kappa shape index (κ3) is 5.19. The summed E-state index contributed by atoms with van der Waals surface area (Å²) in [5.74, 6) is -0.507. The first-order chi connectivity index (χ1) is 16.4. The van der Waals surface area contributed by atoms with Gasteiger partial charge in [0.15, 0.2) is 5.69 Å². The summed E-state index contributed by atoms with van der Waals surface area (Å²) in [5, 5.41) is 23.7. The lowest BCUT2D eigenvalue weighted by atomic mass is 10.1. The number of anilines is 1. The lowest BCUT2D eigenvalue weighted by Gasteiger charge is -2.24. The monoisotopic (exact) mass is 479 g/mol. The fourth-order valence-corrected chi connectivity index (χ4v) is 4.87. The smallest absolute Gasteiger partial charge is 0.337 e. The van der Waals surface area contributed by atoms with Crippen LogP contribution in [0.3, 0.4) is 0 Å². The van der Waals surface area contributed by atoms with Crippen LogP contribution in [0, 0.1) is 21.4 Å². The Morgan fingerprint density at radius 3 is 2.38 bits per heavy atom. The van der Waals surface area contributed by atoms with Crippen molar-refractivity contribution in [2.24, 2.45) is 0 Å². The number of hydrogen-bond acceptors (Lipinski definition) is 9. The first kappa shape index (κ1) is 23.3. The number of benzene rings is 2. The van der Waals surface area contributed by atoms with Crippen molar-refractivity contribution in [3.05, 3.63) is 75.8 Å². The van der Waals surface area contributed by atoms with E-state index in [4.69, 9.17) is 10.00 Å². The van der Waals surface area contributed by atoms with Crippen LogP contribution >= 0.6 is 0 Å². The molecule has 3 aromatic rings. The fourth-order valence-electron chi connectivity index (χ4n) is 3.64. The van der Waals surface area contributed by atoms with E-state index in [9.17, 15) is 18.5 Å². The van der Waals surface area contributed by atoms with Gasteiger partial charge in [-0.1, -0.05) is 42.5 Å². The number of rotatable bonds is 7. The van der Waals surface area contributed by atoms with Crippen LogP contribution in [-0.2, 0) is 20.3 Å². The summed E-state index contributed by atoms with van der Waals surface area (Å²) in [6, 6.07) is 16.4. The van der Waals surface area contributed by atoms with E-state index in [1.807, 2.05) is 6.07 Å². The molecule has 0 aliphatic carbocycles. The Bertz CT molecular complexity index is 1330. The number of nitro groups is 1. The van der Waals surface area contributed by atoms with Gasteiger partial charge in [0.25, 0.3) is 0 Å². The predicted molar refractivity (Wildman–Crippen MR) is 124 cm³/mol. The summed E-state index contributed by atoms with van der Waals surface area (Å²) < 4.78 is 31.8. The van der Waals surface area contributed by atoms with Crippen LogP contribution in [0.1, 0.15) is 24.0 Å². The van der Waals surface area contributed by atoms with E-state index in [1.165, 1.54) is 24.3 Å². The summed E-state index contributed by atoms with van der Waals surface area (Å²) in [6.07, 6.45) is 1.19. The maximum Gasteiger partial charge on any atom is 0.337 e. The summed E-state index contributed by atoms with van der Waals surface area (Å²) >= 11 is 0. The zero-order chi connectivity index (χ0) is 24.1. The van der Waals surface area contributed by atoms with Crippen molar-refractivity contribution in [3.8, 4) is 17.3 Å². The molecule has 0 unspecified atom stereocenters. The molecule has 1 aromatic heterocycles. The van der Waals surface area contributed by atoms with Crippen LogP contribution in [0.25, 0.3) is 11.3 Å². The molecule has 1 fully saturated rings. The highest BCUT2D eigenvalue weighted by Crippen LogP contribution is 2.36. The standard InChI is InChI=1S/C23H21N5O5S/c24-14-16-6-8-18(9-7-16)20-21(28(29)30)22(25-19-10-12-33-13-11-19)27-23(26-20)34(31,32)15-17-4-2-1-3-5-17/h1-9,19H,10-13,15H2,(H,25,26,27). The molecule has 2 heterocycles. The summed E-state index contributed by atoms with van der Waals surface area (Å²) in [7, 11) is -4.02. The molecule has 2 aromatic carbocycles. The molecule has 0 spiro atoms. The van der Waals surface area contributed by atoms with E-state index in [2.05, 4.69) is 15.3 Å². The number of nitrogens with one attached hydrogen (secondary N) is 1. The predicted octanol–water partition coefficient (Wildman–Crippen LogP) is 3.49.